The van der Waals surface area contributed by atoms with E-state index in [9.17, 15) is 14.0 Å². The number of rotatable bonds is 5. The van der Waals surface area contributed by atoms with Crippen LogP contribution in [0.3, 0.4) is 0 Å². The molecule has 2 N–H and O–H groups in total. The van der Waals surface area contributed by atoms with Crippen LogP contribution in [0, 0.1) is 5.95 Å². The molecule has 1 amide bonds. The normalized spacial score (nSPS) is 16.6. The smallest absolute Gasteiger partial charge is 0.270 e. The number of piperazine rings is 1. The van der Waals surface area contributed by atoms with Gasteiger partial charge in [-0.2, -0.15) is 4.39 Å². The fraction of sp³-hybridized carbons (Fsp3) is 0.391. The highest BCUT2D eigenvalue weighted by Crippen LogP contribution is 2.21. The average Bonchev–Trinajstić information content (AvgIpc) is 2.78. The van der Waals surface area contributed by atoms with Gasteiger partial charge in [0.2, 0.25) is 5.95 Å². The maximum Gasteiger partial charge on any atom is 0.270 e. The zero-order chi connectivity index (χ0) is 25.3. The third-order valence-corrected chi connectivity index (χ3v) is 5.62. The lowest BCUT2D eigenvalue weighted by Gasteiger charge is -2.36. The van der Waals surface area contributed by atoms with Crippen LogP contribution in [0.1, 0.15) is 45.6 Å². The van der Waals surface area contributed by atoms with Gasteiger partial charge in [0.25, 0.3) is 11.5 Å². The second-order valence-corrected chi connectivity index (χ2v) is 8.18. The van der Waals surface area contributed by atoms with Crippen molar-refractivity contribution in [3.05, 3.63) is 63.6 Å². The quantitative estimate of drug-likeness (QED) is 0.590. The summed E-state index contributed by atoms with van der Waals surface area (Å²) in [4.78, 5) is 39.3. The molecule has 168 valence electrons. The number of nitrogens with one attached hydrogen (secondary N) is 2. The van der Waals surface area contributed by atoms with Crippen molar-refractivity contribution in [1.82, 2.24) is 25.2 Å². The Labute approximate surface area is 189 Å². The van der Waals surface area contributed by atoms with E-state index in [0.29, 0.717) is 43.9 Å². The number of anilines is 1. The molecular weight excluding hydrogens is 411 g/mol. The van der Waals surface area contributed by atoms with Crippen LogP contribution in [0.15, 0.2) is 35.1 Å². The molecule has 1 saturated heterocycles. The van der Waals surface area contributed by atoms with Gasteiger partial charge in [0.1, 0.15) is 11.4 Å². The van der Waals surface area contributed by atoms with E-state index >= 15 is 0 Å². The van der Waals surface area contributed by atoms with Crippen molar-refractivity contribution < 1.29 is 13.3 Å². The number of hydrogen-bond donors (Lipinski definition) is 2. The van der Waals surface area contributed by atoms with E-state index in [2.05, 4.69) is 19.9 Å². The summed E-state index contributed by atoms with van der Waals surface area (Å²) in [7, 11) is 0. The van der Waals surface area contributed by atoms with Gasteiger partial charge in [-0.05, 0) is 29.8 Å². The van der Waals surface area contributed by atoms with Crippen LogP contribution in [0.2, 0.25) is 0 Å². The van der Waals surface area contributed by atoms with E-state index in [1.165, 1.54) is 12.1 Å². The SMILES string of the molecule is [2H]C([2H])([2H])NC(=O)c1ccc(N2CCN(Cc3ccc4nc(C(C)C)c(=O)[nH]c4c3)CC2)c(F)n1. The van der Waals surface area contributed by atoms with Gasteiger partial charge in [-0.15, -0.1) is 0 Å². The molecule has 9 heteroatoms. The van der Waals surface area contributed by atoms with E-state index < -0.39 is 18.8 Å². The molecule has 32 heavy (non-hydrogen) atoms. The summed E-state index contributed by atoms with van der Waals surface area (Å²) >= 11 is 0. The van der Waals surface area contributed by atoms with Gasteiger partial charge in [0, 0.05) is 49.7 Å². The molecule has 0 radical (unpaired) electrons. The first-order valence-electron chi connectivity index (χ1n) is 12.0. The Bertz CT molecular complexity index is 1300. The van der Waals surface area contributed by atoms with Gasteiger partial charge in [-0.25, -0.2) is 9.97 Å². The molecule has 3 heterocycles. The molecule has 4 rings (SSSR count). The van der Waals surface area contributed by atoms with Crippen LogP contribution in [-0.4, -0.2) is 58.9 Å². The van der Waals surface area contributed by atoms with Crippen molar-refractivity contribution in [2.45, 2.75) is 26.3 Å². The van der Waals surface area contributed by atoms with Crippen molar-refractivity contribution >= 4 is 22.6 Å². The standard InChI is InChI=1S/C23H27FN6O2/c1-14(2)20-23(32)28-18-12-15(4-5-16(18)26-20)13-29-8-10-30(11-9-29)19-7-6-17(22(31)25-3)27-21(19)24/h4-7,12,14H,8-11,13H2,1-3H3,(H,25,31)(H,28,32)/i3D3. The molecule has 1 aromatic carbocycles. The van der Waals surface area contributed by atoms with Crippen LogP contribution in [0.25, 0.3) is 11.0 Å². The Morgan fingerprint density at radius 1 is 1.22 bits per heavy atom. The van der Waals surface area contributed by atoms with Crippen molar-refractivity contribution in [1.29, 1.82) is 0 Å². The lowest BCUT2D eigenvalue weighted by atomic mass is 10.1. The predicted octanol–water partition coefficient (Wildman–Crippen LogP) is 2.26. The minimum Gasteiger partial charge on any atom is -0.365 e. The summed E-state index contributed by atoms with van der Waals surface area (Å²) < 4.78 is 35.9. The Balaban J connectivity index is 1.39. The first-order chi connectivity index (χ1) is 16.5. The number of aromatic amines is 1. The second kappa shape index (κ2) is 9.04. The van der Waals surface area contributed by atoms with Crippen molar-refractivity contribution in [3.63, 3.8) is 0 Å². The molecular formula is C23H27FN6O2. The Morgan fingerprint density at radius 3 is 2.69 bits per heavy atom. The molecule has 0 spiro atoms. The molecule has 0 unspecified atom stereocenters. The highest BCUT2D eigenvalue weighted by molar-refractivity contribution is 5.92. The lowest BCUT2D eigenvalue weighted by molar-refractivity contribution is 0.0957. The first-order valence-corrected chi connectivity index (χ1v) is 10.5. The fourth-order valence-corrected chi connectivity index (χ4v) is 3.90. The summed E-state index contributed by atoms with van der Waals surface area (Å²) in [6.07, 6.45) is 0. The molecule has 1 aliphatic rings. The van der Waals surface area contributed by atoms with E-state index in [-0.39, 0.29) is 22.9 Å². The molecule has 0 saturated carbocycles. The highest BCUT2D eigenvalue weighted by atomic mass is 19.1. The third kappa shape index (κ3) is 4.47. The molecule has 1 fully saturated rings. The molecule has 2 aromatic heterocycles. The van der Waals surface area contributed by atoms with E-state index in [1.807, 2.05) is 36.9 Å². The number of pyridine rings is 1. The summed E-state index contributed by atoms with van der Waals surface area (Å²) in [5.41, 5.74) is 2.82. The maximum absolute atomic E-state index is 14.6. The zero-order valence-corrected chi connectivity index (χ0v) is 18.0. The van der Waals surface area contributed by atoms with Gasteiger partial charge >= 0.3 is 0 Å². The summed E-state index contributed by atoms with van der Waals surface area (Å²) in [5, 5.41) is 1.80. The first kappa shape index (κ1) is 18.3. The summed E-state index contributed by atoms with van der Waals surface area (Å²) in [6, 6.07) is 8.61. The van der Waals surface area contributed by atoms with Gasteiger partial charge in [0.05, 0.1) is 16.7 Å². The van der Waals surface area contributed by atoms with Crippen LogP contribution in [0.4, 0.5) is 10.1 Å². The molecule has 1 aliphatic heterocycles. The largest absolute Gasteiger partial charge is 0.365 e. The number of nitrogens with zero attached hydrogens (tertiary/aromatic N) is 4. The fourth-order valence-electron chi connectivity index (χ4n) is 3.90. The van der Waals surface area contributed by atoms with Crippen molar-refractivity contribution in [3.8, 4) is 0 Å². The number of carbonyl (C=O) groups excluding carboxylic acids is 1. The maximum atomic E-state index is 14.6. The minimum atomic E-state index is -2.67. The zero-order valence-electron chi connectivity index (χ0n) is 21.0. The second-order valence-electron chi connectivity index (χ2n) is 8.18. The third-order valence-electron chi connectivity index (χ3n) is 5.62. The Hall–Kier alpha value is -3.33. The van der Waals surface area contributed by atoms with E-state index in [4.69, 9.17) is 4.11 Å². The Kier molecular flexibility index (Phi) is 5.16. The minimum absolute atomic E-state index is 0.0432. The number of amides is 1. The van der Waals surface area contributed by atoms with Gasteiger partial charge in [0.15, 0.2) is 0 Å². The van der Waals surface area contributed by atoms with Gasteiger partial charge in [-0.3, -0.25) is 14.5 Å². The lowest BCUT2D eigenvalue weighted by Crippen LogP contribution is -2.46. The van der Waals surface area contributed by atoms with Crippen LogP contribution < -0.4 is 15.8 Å². The van der Waals surface area contributed by atoms with Gasteiger partial charge < -0.3 is 15.2 Å². The number of halogens is 1. The van der Waals surface area contributed by atoms with Crippen molar-refractivity contribution in [2.24, 2.45) is 0 Å². The molecule has 0 aliphatic carbocycles. The number of H-pyrrole nitrogens is 1. The highest BCUT2D eigenvalue weighted by Gasteiger charge is 2.21. The molecule has 8 nitrogen and oxygen atoms in total. The van der Waals surface area contributed by atoms with Crippen LogP contribution >= 0.6 is 0 Å². The predicted molar refractivity (Wildman–Crippen MR) is 122 cm³/mol. The van der Waals surface area contributed by atoms with E-state index in [1.54, 1.807) is 5.32 Å². The Morgan fingerprint density at radius 2 is 2.00 bits per heavy atom. The molecule has 0 bridgehead atoms. The number of hydrogen-bond acceptors (Lipinski definition) is 6. The van der Waals surface area contributed by atoms with Crippen molar-refractivity contribution in [2.75, 3.05) is 38.1 Å². The topological polar surface area (TPSA) is 94.2 Å². The van der Waals surface area contributed by atoms with E-state index in [0.717, 1.165) is 11.1 Å². The summed E-state index contributed by atoms with van der Waals surface area (Å²) in [5.74, 6) is -1.72. The number of fused-ring (bicyclic) bond motifs is 1. The molecule has 3 aromatic rings. The van der Waals surface area contributed by atoms with Gasteiger partial charge in [-0.1, -0.05) is 19.9 Å². The monoisotopic (exact) mass is 441 g/mol. The summed E-state index contributed by atoms with van der Waals surface area (Å²) in [6.45, 7) is 4.35. The number of aromatic nitrogens is 3. The molecule has 0 atom stereocenters. The van der Waals surface area contributed by atoms with Crippen LogP contribution in [-0.2, 0) is 6.54 Å². The van der Waals surface area contributed by atoms with Crippen LogP contribution in [0.5, 0.6) is 0 Å². The number of carbonyl (C=O) groups is 1. The average molecular weight is 442 g/mol. The number of benzene rings is 1.